The van der Waals surface area contributed by atoms with E-state index in [0.717, 1.165) is 6.54 Å². The first kappa shape index (κ1) is 5.75. The van der Waals surface area contributed by atoms with Gasteiger partial charge in [-0.2, -0.15) is 4.68 Å². The molecule has 0 aromatic carbocycles. The first-order valence-electron chi connectivity index (χ1n) is 3.04. The number of hydrogen-bond donors (Lipinski definition) is 1. The van der Waals surface area contributed by atoms with E-state index in [1.165, 1.54) is 11.0 Å². The molecule has 1 unspecified atom stereocenters. The molecule has 1 aromatic rings. The van der Waals surface area contributed by atoms with E-state index < -0.39 is 0 Å². The fourth-order valence-electron chi connectivity index (χ4n) is 0.858. The van der Waals surface area contributed by atoms with Crippen molar-refractivity contribution in [3.63, 3.8) is 0 Å². The summed E-state index contributed by atoms with van der Waals surface area (Å²) in [6.45, 7) is 1.56. The van der Waals surface area contributed by atoms with Gasteiger partial charge in [-0.25, -0.2) is 0 Å². The molecule has 0 spiro atoms. The van der Waals surface area contributed by atoms with Crippen LogP contribution >= 0.6 is 0 Å². The fourth-order valence-corrected chi connectivity index (χ4v) is 0.858. The Morgan fingerprint density at radius 3 is 3.30 bits per heavy atom. The van der Waals surface area contributed by atoms with Crippen LogP contribution in [-0.2, 0) is 4.74 Å². The SMILES string of the molecule is c1nnnn1C1NCCO1. The summed E-state index contributed by atoms with van der Waals surface area (Å²) in [6.07, 6.45) is 1.35. The summed E-state index contributed by atoms with van der Waals surface area (Å²) < 4.78 is 6.74. The largest absolute Gasteiger partial charge is 0.342 e. The molecule has 2 heterocycles. The molecular weight excluding hydrogens is 134 g/mol. The summed E-state index contributed by atoms with van der Waals surface area (Å²) >= 11 is 0. The van der Waals surface area contributed by atoms with Crippen LogP contribution in [0.25, 0.3) is 0 Å². The smallest absolute Gasteiger partial charge is 0.209 e. The highest BCUT2D eigenvalue weighted by atomic mass is 16.5. The fraction of sp³-hybridized carbons (Fsp3) is 0.750. The highest BCUT2D eigenvalue weighted by Gasteiger charge is 2.16. The van der Waals surface area contributed by atoms with Crippen LogP contribution in [0, 0.1) is 0 Å². The van der Waals surface area contributed by atoms with E-state index >= 15 is 0 Å². The van der Waals surface area contributed by atoms with Gasteiger partial charge < -0.3 is 4.74 Å². The summed E-state index contributed by atoms with van der Waals surface area (Å²) in [7, 11) is 0. The van der Waals surface area contributed by atoms with Gasteiger partial charge in [-0.3, -0.25) is 5.32 Å². The van der Waals surface area contributed by atoms with Crippen molar-refractivity contribution in [3.05, 3.63) is 6.33 Å². The van der Waals surface area contributed by atoms with Crippen LogP contribution in [0.2, 0.25) is 0 Å². The predicted molar refractivity (Wildman–Crippen MR) is 30.8 cm³/mol. The van der Waals surface area contributed by atoms with Gasteiger partial charge in [0, 0.05) is 6.54 Å². The second kappa shape index (κ2) is 2.31. The van der Waals surface area contributed by atoms with Gasteiger partial charge in [0.15, 0.2) is 0 Å². The minimum Gasteiger partial charge on any atom is -0.342 e. The number of rotatable bonds is 1. The second-order valence-electron chi connectivity index (χ2n) is 1.97. The third kappa shape index (κ3) is 0.869. The molecule has 1 fully saturated rings. The van der Waals surface area contributed by atoms with Crippen molar-refractivity contribution in [1.82, 2.24) is 25.5 Å². The molecule has 1 atom stereocenters. The monoisotopic (exact) mass is 141 g/mol. The number of nitrogens with zero attached hydrogens (tertiary/aromatic N) is 4. The summed E-state index contributed by atoms with van der Waals surface area (Å²) in [6, 6.07) is 0. The maximum absolute atomic E-state index is 5.21. The van der Waals surface area contributed by atoms with E-state index in [1.807, 2.05) is 0 Å². The number of aromatic nitrogens is 4. The van der Waals surface area contributed by atoms with Crippen molar-refractivity contribution in [1.29, 1.82) is 0 Å². The summed E-state index contributed by atoms with van der Waals surface area (Å²) in [5, 5.41) is 13.7. The van der Waals surface area contributed by atoms with Crippen molar-refractivity contribution in [2.24, 2.45) is 0 Å². The molecule has 1 aromatic heterocycles. The summed E-state index contributed by atoms with van der Waals surface area (Å²) in [5.74, 6) is 0. The molecule has 1 N–H and O–H groups in total. The van der Waals surface area contributed by atoms with Gasteiger partial charge >= 0.3 is 0 Å². The summed E-state index contributed by atoms with van der Waals surface area (Å²) in [5.41, 5.74) is 0. The molecule has 10 heavy (non-hydrogen) atoms. The Morgan fingerprint density at radius 2 is 2.70 bits per heavy atom. The normalized spacial score (nSPS) is 25.4. The topological polar surface area (TPSA) is 64.9 Å². The van der Waals surface area contributed by atoms with Crippen molar-refractivity contribution >= 4 is 0 Å². The Bertz CT molecular complexity index is 191. The first-order chi connectivity index (χ1) is 4.97. The summed E-state index contributed by atoms with van der Waals surface area (Å²) in [4.78, 5) is 0. The Balaban J connectivity index is 2.12. The van der Waals surface area contributed by atoms with Crippen molar-refractivity contribution in [2.75, 3.05) is 13.2 Å². The van der Waals surface area contributed by atoms with Crippen molar-refractivity contribution in [2.45, 2.75) is 6.35 Å². The zero-order chi connectivity index (χ0) is 6.81. The molecule has 0 radical (unpaired) electrons. The second-order valence-corrected chi connectivity index (χ2v) is 1.97. The standard InChI is InChI=1S/C4H7N5O/c1-2-10-4(5-1)9-3-6-7-8-9/h3-5H,1-2H2. The van der Waals surface area contributed by atoms with E-state index in [9.17, 15) is 0 Å². The van der Waals surface area contributed by atoms with Gasteiger partial charge in [0.1, 0.15) is 6.33 Å². The van der Waals surface area contributed by atoms with Gasteiger partial charge in [-0.15, -0.1) is 5.10 Å². The van der Waals surface area contributed by atoms with Crippen LogP contribution in [-0.4, -0.2) is 33.4 Å². The number of ether oxygens (including phenoxy) is 1. The molecule has 2 rings (SSSR count). The predicted octanol–water partition coefficient (Wildman–Crippen LogP) is -1.25. The minimum atomic E-state index is -0.171. The van der Waals surface area contributed by atoms with E-state index in [4.69, 9.17) is 4.74 Å². The number of tetrazole rings is 1. The zero-order valence-corrected chi connectivity index (χ0v) is 5.27. The Labute approximate surface area is 57.2 Å². The molecule has 1 aliphatic rings. The lowest BCUT2D eigenvalue weighted by atomic mass is 10.7. The van der Waals surface area contributed by atoms with Crippen LogP contribution < -0.4 is 5.32 Å². The Hall–Kier alpha value is -1.01. The first-order valence-corrected chi connectivity index (χ1v) is 3.04. The molecule has 0 amide bonds. The highest BCUT2D eigenvalue weighted by molar-refractivity contribution is 4.59. The van der Waals surface area contributed by atoms with Gasteiger partial charge in [0.05, 0.1) is 6.61 Å². The molecule has 6 nitrogen and oxygen atoms in total. The van der Waals surface area contributed by atoms with Gasteiger partial charge in [0.2, 0.25) is 6.35 Å². The average Bonchev–Trinajstić information content (AvgIpc) is 2.59. The van der Waals surface area contributed by atoms with Gasteiger partial charge in [-0.1, -0.05) is 0 Å². The maximum Gasteiger partial charge on any atom is 0.209 e. The quantitative estimate of drug-likeness (QED) is 0.529. The van der Waals surface area contributed by atoms with Crippen LogP contribution in [0.5, 0.6) is 0 Å². The lowest BCUT2D eigenvalue weighted by Crippen LogP contribution is -2.21. The van der Waals surface area contributed by atoms with Crippen molar-refractivity contribution < 1.29 is 4.74 Å². The van der Waals surface area contributed by atoms with E-state index in [0.29, 0.717) is 6.61 Å². The molecule has 54 valence electrons. The molecule has 0 bridgehead atoms. The third-order valence-corrected chi connectivity index (χ3v) is 1.30. The number of hydrogen-bond acceptors (Lipinski definition) is 5. The highest BCUT2D eigenvalue weighted by Crippen LogP contribution is 2.04. The third-order valence-electron chi connectivity index (χ3n) is 1.30. The molecule has 0 saturated carbocycles. The van der Waals surface area contributed by atoms with Crippen molar-refractivity contribution in [3.8, 4) is 0 Å². The Morgan fingerprint density at radius 1 is 1.70 bits per heavy atom. The van der Waals surface area contributed by atoms with Crippen LogP contribution in [0.15, 0.2) is 6.33 Å². The van der Waals surface area contributed by atoms with Crippen LogP contribution in [0.1, 0.15) is 6.35 Å². The van der Waals surface area contributed by atoms with E-state index in [1.54, 1.807) is 0 Å². The molecular formula is C4H7N5O. The van der Waals surface area contributed by atoms with Gasteiger partial charge in [-0.05, 0) is 10.4 Å². The molecule has 1 aliphatic heterocycles. The van der Waals surface area contributed by atoms with E-state index in [2.05, 4.69) is 20.8 Å². The van der Waals surface area contributed by atoms with Crippen LogP contribution in [0.3, 0.4) is 0 Å². The van der Waals surface area contributed by atoms with Gasteiger partial charge in [0.25, 0.3) is 0 Å². The zero-order valence-electron chi connectivity index (χ0n) is 5.27. The van der Waals surface area contributed by atoms with Crippen LogP contribution in [0.4, 0.5) is 0 Å². The molecule has 0 aliphatic carbocycles. The Kier molecular flexibility index (Phi) is 1.33. The lowest BCUT2D eigenvalue weighted by molar-refractivity contribution is 0.0328. The molecule has 6 heteroatoms. The lowest BCUT2D eigenvalue weighted by Gasteiger charge is -2.06. The average molecular weight is 141 g/mol. The number of nitrogens with one attached hydrogen (secondary N) is 1. The van der Waals surface area contributed by atoms with E-state index in [-0.39, 0.29) is 6.35 Å². The molecule has 1 saturated heterocycles. The maximum atomic E-state index is 5.21. The minimum absolute atomic E-state index is 0.171.